The fraction of sp³-hybridized carbons (Fsp3) is 0.533. The van der Waals surface area contributed by atoms with Crippen LogP contribution < -0.4 is 0 Å². The van der Waals surface area contributed by atoms with Gasteiger partial charge in [0.25, 0.3) is 0 Å². The lowest BCUT2D eigenvalue weighted by molar-refractivity contribution is 0.0957. The molecule has 1 fully saturated rings. The van der Waals surface area contributed by atoms with Crippen LogP contribution in [0.2, 0.25) is 0 Å². The lowest BCUT2D eigenvalue weighted by atomic mass is 9.96. The molecule has 0 bridgehead atoms. The Labute approximate surface area is 123 Å². The predicted octanol–water partition coefficient (Wildman–Crippen LogP) is 1.17. The molecule has 1 aromatic heterocycles. The van der Waals surface area contributed by atoms with E-state index in [0.717, 1.165) is 19.6 Å². The number of nitrogens with zero attached hydrogens (tertiary/aromatic N) is 4. The molecule has 0 atom stereocenters. The minimum atomic E-state index is -0.253. The smallest absolute Gasteiger partial charge is 0.227 e. The first-order chi connectivity index (χ1) is 10.3. The van der Waals surface area contributed by atoms with Crippen molar-refractivity contribution in [2.24, 2.45) is 4.99 Å². The summed E-state index contributed by atoms with van der Waals surface area (Å²) < 4.78 is 0. The molecule has 0 N–H and O–H groups in total. The van der Waals surface area contributed by atoms with Crippen molar-refractivity contribution in [2.75, 3.05) is 26.2 Å². The Morgan fingerprint density at radius 2 is 1.76 bits per heavy atom. The van der Waals surface area contributed by atoms with E-state index in [1.165, 1.54) is 31.7 Å². The molecular weight excluding hydrogens is 268 g/mol. The van der Waals surface area contributed by atoms with Crippen LogP contribution in [0.3, 0.4) is 0 Å². The van der Waals surface area contributed by atoms with Crippen molar-refractivity contribution in [1.82, 2.24) is 14.9 Å². The lowest BCUT2D eigenvalue weighted by Gasteiger charge is -2.25. The zero-order chi connectivity index (χ0) is 14.7. The van der Waals surface area contributed by atoms with E-state index < -0.39 is 0 Å². The fourth-order valence-electron chi connectivity index (χ4n) is 2.80. The van der Waals surface area contributed by atoms with Crippen molar-refractivity contribution in [2.45, 2.75) is 25.7 Å². The Kier molecular flexibility index (Phi) is 4.15. The first kappa shape index (κ1) is 14.0. The summed E-state index contributed by atoms with van der Waals surface area (Å²) in [5.41, 5.74) is 0.646. The molecule has 110 valence electrons. The van der Waals surface area contributed by atoms with Crippen molar-refractivity contribution in [3.05, 3.63) is 23.8 Å². The van der Waals surface area contributed by atoms with Gasteiger partial charge in [-0.05, 0) is 25.9 Å². The maximum atomic E-state index is 12.2. The molecule has 0 spiro atoms. The quantitative estimate of drug-likeness (QED) is 0.833. The van der Waals surface area contributed by atoms with Crippen LogP contribution in [0.25, 0.3) is 0 Å². The van der Waals surface area contributed by atoms with E-state index in [2.05, 4.69) is 19.9 Å². The number of carbonyl (C=O) groups is 2. The molecule has 0 aromatic carbocycles. The number of aliphatic imine (C=N–C) groups is 1. The third-order valence-corrected chi connectivity index (χ3v) is 3.94. The number of hydrogen-bond donors (Lipinski definition) is 0. The zero-order valence-corrected chi connectivity index (χ0v) is 11.9. The van der Waals surface area contributed by atoms with E-state index in [4.69, 9.17) is 0 Å². The van der Waals surface area contributed by atoms with Crippen molar-refractivity contribution in [3.63, 3.8) is 0 Å². The molecule has 6 nitrogen and oxygen atoms in total. The van der Waals surface area contributed by atoms with E-state index in [-0.39, 0.29) is 29.4 Å². The Hall–Kier alpha value is -1.95. The van der Waals surface area contributed by atoms with Crippen LogP contribution in [0.4, 0.5) is 0 Å². The average molecular weight is 286 g/mol. The van der Waals surface area contributed by atoms with Crippen LogP contribution in [0.15, 0.2) is 17.4 Å². The summed E-state index contributed by atoms with van der Waals surface area (Å²) in [7, 11) is 0. The van der Waals surface area contributed by atoms with Gasteiger partial charge in [-0.15, -0.1) is 0 Å². The van der Waals surface area contributed by atoms with Crippen LogP contribution in [-0.2, 0) is 0 Å². The summed E-state index contributed by atoms with van der Waals surface area (Å²) in [6.45, 7) is 3.61. The molecule has 2 aliphatic rings. The highest BCUT2D eigenvalue weighted by molar-refractivity contribution is 6.52. The molecule has 0 amide bonds. The summed E-state index contributed by atoms with van der Waals surface area (Å²) in [6.07, 6.45) is 6.68. The first-order valence-electron chi connectivity index (χ1n) is 7.40. The summed E-state index contributed by atoms with van der Waals surface area (Å²) in [4.78, 5) is 38.8. The van der Waals surface area contributed by atoms with E-state index in [0.29, 0.717) is 12.3 Å². The summed E-state index contributed by atoms with van der Waals surface area (Å²) in [5, 5.41) is 0. The van der Waals surface area contributed by atoms with Crippen LogP contribution in [-0.4, -0.2) is 58.3 Å². The van der Waals surface area contributed by atoms with Crippen molar-refractivity contribution in [1.29, 1.82) is 0 Å². The molecule has 2 heterocycles. The zero-order valence-electron chi connectivity index (χ0n) is 11.9. The number of rotatable bonds is 3. The maximum Gasteiger partial charge on any atom is 0.227 e. The third-order valence-electron chi connectivity index (χ3n) is 3.94. The van der Waals surface area contributed by atoms with Gasteiger partial charge in [-0.25, -0.2) is 9.97 Å². The SMILES string of the molecule is O=C1CC(=NCCN2CCCCC2)C(=O)c2nccnc21. The van der Waals surface area contributed by atoms with Gasteiger partial charge in [0.1, 0.15) is 11.4 Å². The molecule has 0 saturated carbocycles. The minimum Gasteiger partial charge on any atom is -0.301 e. The standard InChI is InChI=1S/C15H18N4O2/c20-12-10-11(15(21)14-13(12)17-4-5-18-14)16-6-9-19-7-2-1-3-8-19/h4-5H,1-3,6-10H2. The van der Waals surface area contributed by atoms with Crippen molar-refractivity contribution in [3.8, 4) is 0 Å². The molecule has 0 radical (unpaired) electrons. The van der Waals surface area contributed by atoms with Gasteiger partial charge in [0.15, 0.2) is 5.78 Å². The van der Waals surface area contributed by atoms with Gasteiger partial charge in [-0.1, -0.05) is 6.42 Å². The molecule has 1 aliphatic carbocycles. The summed E-state index contributed by atoms with van der Waals surface area (Å²) in [6, 6.07) is 0. The number of piperidine rings is 1. The van der Waals surface area contributed by atoms with E-state index >= 15 is 0 Å². The second-order valence-electron chi connectivity index (χ2n) is 5.41. The Morgan fingerprint density at radius 3 is 2.52 bits per heavy atom. The second-order valence-corrected chi connectivity index (χ2v) is 5.41. The van der Waals surface area contributed by atoms with Gasteiger partial charge < -0.3 is 4.90 Å². The highest BCUT2D eigenvalue weighted by atomic mass is 16.1. The largest absolute Gasteiger partial charge is 0.301 e. The number of likely N-dealkylation sites (tertiary alicyclic amines) is 1. The number of aromatic nitrogens is 2. The van der Waals surface area contributed by atoms with E-state index in [1.54, 1.807) is 0 Å². The third kappa shape index (κ3) is 3.05. The van der Waals surface area contributed by atoms with Crippen LogP contribution in [0.1, 0.15) is 46.7 Å². The van der Waals surface area contributed by atoms with Crippen LogP contribution in [0.5, 0.6) is 0 Å². The molecular formula is C15H18N4O2. The Morgan fingerprint density at radius 1 is 1.05 bits per heavy atom. The molecule has 21 heavy (non-hydrogen) atoms. The highest BCUT2D eigenvalue weighted by Crippen LogP contribution is 2.15. The summed E-state index contributed by atoms with van der Waals surface area (Å²) in [5.74, 6) is -0.425. The molecule has 0 unspecified atom stereocenters. The van der Waals surface area contributed by atoms with Gasteiger partial charge >= 0.3 is 0 Å². The van der Waals surface area contributed by atoms with Gasteiger partial charge in [0.05, 0.1) is 18.7 Å². The van der Waals surface area contributed by atoms with E-state index in [9.17, 15) is 9.59 Å². The van der Waals surface area contributed by atoms with Gasteiger partial charge in [-0.2, -0.15) is 0 Å². The number of ketones is 2. The molecule has 1 aromatic rings. The average Bonchev–Trinajstić information content (AvgIpc) is 2.53. The summed E-state index contributed by atoms with van der Waals surface area (Å²) >= 11 is 0. The number of fused-ring (bicyclic) bond motifs is 1. The van der Waals surface area contributed by atoms with E-state index in [1.807, 2.05) is 0 Å². The highest BCUT2D eigenvalue weighted by Gasteiger charge is 2.31. The molecule has 1 saturated heterocycles. The van der Waals surface area contributed by atoms with Crippen LogP contribution in [0, 0.1) is 0 Å². The van der Waals surface area contributed by atoms with Gasteiger partial charge in [0, 0.05) is 18.9 Å². The Bertz CT molecular complexity index is 591. The Balaban J connectivity index is 1.67. The first-order valence-corrected chi connectivity index (χ1v) is 7.40. The molecule has 3 rings (SSSR count). The van der Waals surface area contributed by atoms with Crippen molar-refractivity contribution < 1.29 is 9.59 Å². The molecule has 1 aliphatic heterocycles. The second kappa shape index (κ2) is 6.22. The van der Waals surface area contributed by atoms with Crippen LogP contribution >= 0.6 is 0 Å². The monoisotopic (exact) mass is 286 g/mol. The normalized spacial score (nSPS) is 21.6. The van der Waals surface area contributed by atoms with Crippen molar-refractivity contribution >= 4 is 17.3 Å². The predicted molar refractivity (Wildman–Crippen MR) is 77.9 cm³/mol. The topological polar surface area (TPSA) is 75.5 Å². The van der Waals surface area contributed by atoms with Gasteiger partial charge in [-0.3, -0.25) is 14.6 Å². The fourth-order valence-corrected chi connectivity index (χ4v) is 2.80. The number of Topliss-reactive ketones (excluding diaryl/α,β-unsaturated/α-hetero) is 2. The number of carbonyl (C=O) groups excluding carboxylic acids is 2. The molecule has 6 heteroatoms. The lowest BCUT2D eigenvalue weighted by Crippen LogP contribution is -2.33. The number of hydrogen-bond acceptors (Lipinski definition) is 6. The maximum absolute atomic E-state index is 12.2. The minimum absolute atomic E-state index is 0.0462. The van der Waals surface area contributed by atoms with Gasteiger partial charge in [0.2, 0.25) is 5.78 Å².